The van der Waals surface area contributed by atoms with E-state index in [1.807, 2.05) is 11.4 Å². The molecule has 1 aromatic carbocycles. The highest BCUT2D eigenvalue weighted by molar-refractivity contribution is 8.16. The number of rotatable bonds is 5. The van der Waals surface area contributed by atoms with Crippen LogP contribution in [0.2, 0.25) is 5.02 Å². The number of aliphatic imine (C=N–C) groups is 2. The van der Waals surface area contributed by atoms with Gasteiger partial charge < -0.3 is 10.1 Å². The van der Waals surface area contributed by atoms with Gasteiger partial charge in [0.05, 0.1) is 22.8 Å². The van der Waals surface area contributed by atoms with E-state index in [0.29, 0.717) is 16.5 Å². The first-order chi connectivity index (χ1) is 13.6. The Hall–Kier alpha value is -1.83. The zero-order valence-corrected chi connectivity index (χ0v) is 17.8. The van der Waals surface area contributed by atoms with Crippen LogP contribution < -0.4 is 10.1 Å². The van der Waals surface area contributed by atoms with Crippen LogP contribution in [0.5, 0.6) is 5.75 Å². The lowest BCUT2D eigenvalue weighted by molar-refractivity contribution is -0.113. The lowest BCUT2D eigenvalue weighted by Gasteiger charge is -2.14. The van der Waals surface area contributed by atoms with Gasteiger partial charge >= 0.3 is 0 Å². The van der Waals surface area contributed by atoms with E-state index in [4.69, 9.17) is 26.3 Å². The Kier molecular flexibility index (Phi) is 5.75. The summed E-state index contributed by atoms with van der Waals surface area (Å²) in [4.78, 5) is 23.5. The molecule has 0 unspecified atom stereocenters. The Morgan fingerprint density at radius 3 is 2.82 bits per heavy atom. The van der Waals surface area contributed by atoms with Crippen molar-refractivity contribution < 1.29 is 9.53 Å². The summed E-state index contributed by atoms with van der Waals surface area (Å²) in [5.41, 5.74) is 1.27. The standard InChI is InChI=1S/C20H20ClN3O2S2/c1-26-15-7-6-13(11-14(15)21)22-17(25)12-28-19-18(16-5-4-10-27-16)23-20(24-19)8-2-3-9-20/h4-7,10-11H,2-3,8-9,12H2,1H3,(H,22,25). The van der Waals surface area contributed by atoms with E-state index in [2.05, 4.69) is 11.4 Å². The van der Waals surface area contributed by atoms with Crippen molar-refractivity contribution in [3.63, 3.8) is 0 Å². The number of thioether (sulfide) groups is 1. The number of hydrogen-bond donors (Lipinski definition) is 1. The molecule has 2 heterocycles. The average Bonchev–Trinajstić information content (AvgIpc) is 3.42. The molecule has 1 fully saturated rings. The number of amides is 1. The molecule has 0 bridgehead atoms. The molecule has 0 atom stereocenters. The van der Waals surface area contributed by atoms with Crippen molar-refractivity contribution >= 4 is 57.0 Å². The van der Waals surface area contributed by atoms with Crippen LogP contribution >= 0.6 is 34.7 Å². The van der Waals surface area contributed by atoms with Gasteiger partial charge in [-0.25, -0.2) is 4.99 Å². The van der Waals surface area contributed by atoms with Crippen LogP contribution in [0.4, 0.5) is 5.69 Å². The van der Waals surface area contributed by atoms with E-state index in [0.717, 1.165) is 41.3 Å². The van der Waals surface area contributed by atoms with Gasteiger partial charge in [0.15, 0.2) is 5.66 Å². The van der Waals surface area contributed by atoms with Gasteiger partial charge in [-0.05, 0) is 55.3 Å². The van der Waals surface area contributed by atoms with Gasteiger partial charge in [-0.15, -0.1) is 11.3 Å². The Morgan fingerprint density at radius 1 is 1.32 bits per heavy atom. The second kappa shape index (κ2) is 8.27. The molecule has 1 saturated carbocycles. The Labute approximate surface area is 177 Å². The normalized spacial score (nSPS) is 17.5. The Morgan fingerprint density at radius 2 is 2.14 bits per heavy atom. The third-order valence-corrected chi connectivity index (χ3v) is 6.90. The minimum atomic E-state index is -0.304. The summed E-state index contributed by atoms with van der Waals surface area (Å²) in [5.74, 6) is 0.739. The number of nitrogens with one attached hydrogen (secondary N) is 1. The van der Waals surface area contributed by atoms with Gasteiger partial charge in [0, 0.05) is 5.69 Å². The summed E-state index contributed by atoms with van der Waals surface area (Å²) in [6.45, 7) is 0. The van der Waals surface area contributed by atoms with Gasteiger partial charge in [-0.3, -0.25) is 9.79 Å². The maximum Gasteiger partial charge on any atom is 0.234 e. The van der Waals surface area contributed by atoms with Crippen LogP contribution in [-0.2, 0) is 4.79 Å². The fourth-order valence-corrected chi connectivity index (χ4v) is 5.34. The molecule has 1 N–H and O–H groups in total. The Bertz CT molecular complexity index is 935. The molecule has 0 saturated heterocycles. The highest BCUT2D eigenvalue weighted by Gasteiger charge is 2.39. The van der Waals surface area contributed by atoms with E-state index in [1.54, 1.807) is 36.6 Å². The van der Waals surface area contributed by atoms with E-state index < -0.39 is 0 Å². The summed E-state index contributed by atoms with van der Waals surface area (Å²) in [5, 5.41) is 6.25. The zero-order valence-electron chi connectivity index (χ0n) is 15.4. The zero-order chi connectivity index (χ0) is 19.6. The van der Waals surface area contributed by atoms with Crippen LogP contribution in [0, 0.1) is 0 Å². The number of nitrogens with zero attached hydrogens (tertiary/aromatic N) is 2. The van der Waals surface area contributed by atoms with Gasteiger partial charge in [-0.1, -0.05) is 29.4 Å². The number of ether oxygens (including phenoxy) is 1. The van der Waals surface area contributed by atoms with Crippen LogP contribution in [0.1, 0.15) is 30.6 Å². The molecule has 1 aromatic heterocycles. The smallest absolute Gasteiger partial charge is 0.234 e. The van der Waals surface area contributed by atoms with Crippen LogP contribution in [-0.4, -0.2) is 35.2 Å². The third kappa shape index (κ3) is 4.11. The van der Waals surface area contributed by atoms with Crippen molar-refractivity contribution in [3.05, 3.63) is 45.6 Å². The number of halogens is 1. The molecule has 4 rings (SSSR count). The Balaban J connectivity index is 1.44. The fraction of sp³-hybridized carbons (Fsp3) is 0.350. The summed E-state index contributed by atoms with van der Waals surface area (Å²) in [6.07, 6.45) is 4.29. The predicted octanol–water partition coefficient (Wildman–Crippen LogP) is 5.25. The van der Waals surface area contributed by atoms with E-state index in [9.17, 15) is 4.79 Å². The minimum absolute atomic E-state index is 0.105. The second-order valence-corrected chi connectivity index (χ2v) is 9.05. The first-order valence-electron chi connectivity index (χ1n) is 9.09. The molecule has 146 valence electrons. The van der Waals surface area contributed by atoms with Gasteiger partial charge in [0.1, 0.15) is 16.5 Å². The molecule has 1 aliphatic heterocycles. The number of carbonyl (C=O) groups excluding carboxylic acids is 1. The van der Waals surface area contributed by atoms with Crippen LogP contribution in [0.15, 0.2) is 45.7 Å². The summed E-state index contributed by atoms with van der Waals surface area (Å²) in [6, 6.07) is 9.27. The van der Waals surface area contributed by atoms with Gasteiger partial charge in [0.2, 0.25) is 5.91 Å². The molecule has 1 amide bonds. The predicted molar refractivity (Wildman–Crippen MR) is 119 cm³/mol. The molecule has 5 nitrogen and oxygen atoms in total. The van der Waals surface area contributed by atoms with Crippen molar-refractivity contribution in [2.45, 2.75) is 31.3 Å². The number of thiophene rings is 1. The van der Waals surface area contributed by atoms with E-state index in [-0.39, 0.29) is 17.3 Å². The maximum absolute atomic E-state index is 12.4. The maximum atomic E-state index is 12.4. The summed E-state index contributed by atoms with van der Waals surface area (Å²) < 4.78 is 5.14. The molecule has 0 radical (unpaired) electrons. The minimum Gasteiger partial charge on any atom is -0.495 e. The SMILES string of the molecule is COc1ccc(NC(=O)CSC2=NC3(CCCC3)N=C2c2cccs2)cc1Cl. The van der Waals surface area contributed by atoms with Crippen molar-refractivity contribution in [1.29, 1.82) is 0 Å². The number of anilines is 1. The largest absolute Gasteiger partial charge is 0.495 e. The number of benzene rings is 1. The van der Waals surface area contributed by atoms with E-state index in [1.165, 1.54) is 11.8 Å². The van der Waals surface area contributed by atoms with Crippen molar-refractivity contribution in [2.75, 3.05) is 18.2 Å². The molecule has 2 aliphatic rings. The molecular weight excluding hydrogens is 414 g/mol. The lowest BCUT2D eigenvalue weighted by atomic mass is 10.1. The molecule has 8 heteroatoms. The van der Waals surface area contributed by atoms with Crippen molar-refractivity contribution in [2.24, 2.45) is 9.98 Å². The van der Waals surface area contributed by atoms with E-state index >= 15 is 0 Å². The number of hydrogen-bond acceptors (Lipinski definition) is 6. The molecule has 28 heavy (non-hydrogen) atoms. The highest BCUT2D eigenvalue weighted by atomic mass is 35.5. The van der Waals surface area contributed by atoms with Crippen LogP contribution in [0.25, 0.3) is 0 Å². The first kappa shape index (κ1) is 19.5. The molecule has 1 aliphatic carbocycles. The second-order valence-electron chi connectivity index (χ2n) is 6.73. The third-order valence-electron chi connectivity index (χ3n) is 4.77. The summed E-state index contributed by atoms with van der Waals surface area (Å²) in [7, 11) is 1.56. The van der Waals surface area contributed by atoms with Gasteiger partial charge in [0.25, 0.3) is 0 Å². The number of methoxy groups -OCH3 is 1. The number of carbonyl (C=O) groups is 1. The molecular formula is C20H20ClN3O2S2. The van der Waals surface area contributed by atoms with Gasteiger partial charge in [-0.2, -0.15) is 0 Å². The lowest BCUT2D eigenvalue weighted by Crippen LogP contribution is -2.17. The topological polar surface area (TPSA) is 63.0 Å². The monoisotopic (exact) mass is 433 g/mol. The average molecular weight is 434 g/mol. The fourth-order valence-electron chi connectivity index (χ4n) is 3.44. The van der Waals surface area contributed by atoms with Crippen LogP contribution in [0.3, 0.4) is 0 Å². The molecule has 1 spiro atoms. The van der Waals surface area contributed by atoms with Crippen molar-refractivity contribution in [3.8, 4) is 5.75 Å². The highest BCUT2D eigenvalue weighted by Crippen LogP contribution is 2.40. The summed E-state index contributed by atoms with van der Waals surface area (Å²) >= 11 is 9.23. The quantitative estimate of drug-likeness (QED) is 0.700. The first-order valence-corrected chi connectivity index (χ1v) is 11.3. The molecule has 2 aromatic rings. The van der Waals surface area contributed by atoms with Crippen molar-refractivity contribution in [1.82, 2.24) is 0 Å².